The summed E-state index contributed by atoms with van der Waals surface area (Å²) in [4.78, 5) is 11.5. The first-order valence-corrected chi connectivity index (χ1v) is 9.07. The minimum Gasteiger partial charge on any atom is -0.449 e. The van der Waals surface area contributed by atoms with Gasteiger partial charge in [0.15, 0.2) is 0 Å². The highest BCUT2D eigenvalue weighted by Crippen LogP contribution is 2.34. The summed E-state index contributed by atoms with van der Waals surface area (Å²) in [7, 11) is -3.84. The largest absolute Gasteiger partial charge is 0.449 e. The maximum atomic E-state index is 12.4. The number of benzene rings is 1. The first-order valence-electron chi connectivity index (χ1n) is 5.98. The lowest BCUT2D eigenvalue weighted by molar-refractivity contribution is 0.0977. The number of nitrogens with two attached hydrogens (primary N) is 1. The highest BCUT2D eigenvalue weighted by molar-refractivity contribution is 9.11. The van der Waals surface area contributed by atoms with Crippen LogP contribution in [0, 0.1) is 0 Å². The predicted octanol–water partition coefficient (Wildman–Crippen LogP) is 3.16. The molecular weight excluding hydrogens is 392 g/mol. The van der Waals surface area contributed by atoms with Crippen LogP contribution < -0.4 is 10.5 Å². The Hall–Kier alpha value is -1.84. The van der Waals surface area contributed by atoms with Gasteiger partial charge in [-0.05, 0) is 40.2 Å². The standard InChI is InChI=1S/C13H9BrN2O4S2/c14-9-5-6-10(21-9)22(18,19)16-11-7-3-1-2-4-8(7)20-12(11)13(15)17/h1-6,16H,(H2,15,17). The van der Waals surface area contributed by atoms with Gasteiger partial charge in [-0.15, -0.1) is 11.3 Å². The number of hydrogen-bond donors (Lipinski definition) is 2. The van der Waals surface area contributed by atoms with Gasteiger partial charge in [-0.1, -0.05) is 12.1 Å². The number of carbonyl (C=O) groups is 1. The van der Waals surface area contributed by atoms with E-state index in [1.807, 2.05) is 0 Å². The van der Waals surface area contributed by atoms with Gasteiger partial charge in [-0.3, -0.25) is 9.52 Å². The number of amides is 1. The second-order valence-corrected chi connectivity index (χ2v) is 8.70. The number of halogens is 1. The lowest BCUT2D eigenvalue weighted by Crippen LogP contribution is -2.16. The molecule has 0 aliphatic heterocycles. The summed E-state index contributed by atoms with van der Waals surface area (Å²) < 4.78 is 33.4. The van der Waals surface area contributed by atoms with E-state index < -0.39 is 15.9 Å². The van der Waals surface area contributed by atoms with Crippen LogP contribution >= 0.6 is 27.3 Å². The Labute approximate surface area is 138 Å². The Kier molecular flexibility index (Phi) is 3.71. The first-order chi connectivity index (χ1) is 10.4. The lowest BCUT2D eigenvalue weighted by atomic mass is 10.2. The van der Waals surface area contributed by atoms with Gasteiger partial charge in [0.25, 0.3) is 15.9 Å². The Balaban J connectivity index is 2.14. The van der Waals surface area contributed by atoms with Gasteiger partial charge in [0.1, 0.15) is 15.5 Å². The van der Waals surface area contributed by atoms with Crippen LogP contribution in [-0.4, -0.2) is 14.3 Å². The third-order valence-corrected chi connectivity index (χ3v) is 6.33. The molecule has 2 heterocycles. The molecule has 1 amide bonds. The van der Waals surface area contributed by atoms with Gasteiger partial charge in [0.2, 0.25) is 5.76 Å². The number of carbonyl (C=O) groups excluding carboxylic acids is 1. The number of para-hydroxylation sites is 1. The molecule has 0 saturated heterocycles. The molecule has 0 saturated carbocycles. The summed E-state index contributed by atoms with van der Waals surface area (Å²) in [6.07, 6.45) is 0. The van der Waals surface area contributed by atoms with Crippen molar-refractivity contribution >= 4 is 59.9 Å². The molecule has 0 unspecified atom stereocenters. The van der Waals surface area contributed by atoms with Crippen LogP contribution in [0.1, 0.15) is 10.6 Å². The summed E-state index contributed by atoms with van der Waals surface area (Å²) in [6.45, 7) is 0. The highest BCUT2D eigenvalue weighted by Gasteiger charge is 2.24. The molecule has 0 fully saturated rings. The van der Waals surface area contributed by atoms with Crippen molar-refractivity contribution in [3.63, 3.8) is 0 Å². The second-order valence-electron chi connectivity index (χ2n) is 4.33. The Morgan fingerprint density at radius 1 is 1.23 bits per heavy atom. The van der Waals surface area contributed by atoms with Crippen LogP contribution in [0.15, 0.2) is 48.8 Å². The molecule has 3 rings (SSSR count). The van der Waals surface area contributed by atoms with Crippen molar-refractivity contribution in [2.45, 2.75) is 4.21 Å². The molecule has 3 aromatic rings. The van der Waals surface area contributed by atoms with E-state index in [1.54, 1.807) is 30.3 Å². The minimum atomic E-state index is -3.84. The van der Waals surface area contributed by atoms with E-state index in [0.717, 1.165) is 11.3 Å². The summed E-state index contributed by atoms with van der Waals surface area (Å²) in [5.41, 5.74) is 5.69. The fraction of sp³-hybridized carbons (Fsp3) is 0. The maximum absolute atomic E-state index is 12.4. The van der Waals surface area contributed by atoms with Crippen LogP contribution in [0.4, 0.5) is 5.69 Å². The second kappa shape index (κ2) is 5.41. The van der Waals surface area contributed by atoms with Gasteiger partial charge < -0.3 is 10.2 Å². The van der Waals surface area contributed by atoms with Gasteiger partial charge in [-0.2, -0.15) is 0 Å². The molecule has 0 spiro atoms. The molecule has 6 nitrogen and oxygen atoms in total. The molecule has 2 aromatic heterocycles. The number of primary amides is 1. The number of rotatable bonds is 4. The molecule has 0 aliphatic carbocycles. The average Bonchev–Trinajstić information content (AvgIpc) is 3.04. The smallest absolute Gasteiger partial charge is 0.286 e. The summed E-state index contributed by atoms with van der Waals surface area (Å²) in [6, 6.07) is 9.78. The molecule has 1 aromatic carbocycles. The predicted molar refractivity (Wildman–Crippen MR) is 87.6 cm³/mol. The van der Waals surface area contributed by atoms with Crippen molar-refractivity contribution in [3.8, 4) is 0 Å². The topological polar surface area (TPSA) is 102 Å². The third kappa shape index (κ3) is 2.62. The number of furan rings is 1. The molecule has 114 valence electrons. The van der Waals surface area contributed by atoms with Gasteiger partial charge >= 0.3 is 0 Å². The van der Waals surface area contributed by atoms with Crippen molar-refractivity contribution in [3.05, 3.63) is 45.9 Å². The third-order valence-electron chi connectivity index (χ3n) is 2.87. The molecule has 9 heteroatoms. The first kappa shape index (κ1) is 15.1. The van der Waals surface area contributed by atoms with E-state index in [1.165, 1.54) is 6.07 Å². The van der Waals surface area contributed by atoms with Crippen molar-refractivity contribution in [2.24, 2.45) is 5.73 Å². The van der Waals surface area contributed by atoms with E-state index >= 15 is 0 Å². The van der Waals surface area contributed by atoms with E-state index in [4.69, 9.17) is 10.2 Å². The normalized spacial score (nSPS) is 11.7. The zero-order valence-electron chi connectivity index (χ0n) is 10.9. The fourth-order valence-electron chi connectivity index (χ4n) is 1.95. The van der Waals surface area contributed by atoms with Crippen LogP contribution in [0.2, 0.25) is 0 Å². The number of hydrogen-bond acceptors (Lipinski definition) is 5. The average molecular weight is 401 g/mol. The van der Waals surface area contributed by atoms with Crippen molar-refractivity contribution in [2.75, 3.05) is 4.72 Å². The van der Waals surface area contributed by atoms with Gasteiger partial charge in [0, 0.05) is 5.39 Å². The number of anilines is 1. The minimum absolute atomic E-state index is 0.0487. The van der Waals surface area contributed by atoms with Crippen LogP contribution in [0.25, 0.3) is 11.0 Å². The fourth-order valence-corrected chi connectivity index (χ4v) is 5.04. The van der Waals surface area contributed by atoms with E-state index in [-0.39, 0.29) is 15.7 Å². The van der Waals surface area contributed by atoms with Crippen LogP contribution in [0.3, 0.4) is 0 Å². The number of fused-ring (bicyclic) bond motifs is 1. The lowest BCUT2D eigenvalue weighted by Gasteiger charge is -2.05. The molecule has 22 heavy (non-hydrogen) atoms. The zero-order chi connectivity index (χ0) is 15.9. The van der Waals surface area contributed by atoms with E-state index in [2.05, 4.69) is 20.7 Å². The number of nitrogens with one attached hydrogen (secondary N) is 1. The highest BCUT2D eigenvalue weighted by atomic mass is 79.9. The van der Waals surface area contributed by atoms with E-state index in [9.17, 15) is 13.2 Å². The summed E-state index contributed by atoms with van der Waals surface area (Å²) in [5, 5.41) is 0.468. The summed E-state index contributed by atoms with van der Waals surface area (Å²) >= 11 is 4.27. The molecule has 0 aliphatic rings. The van der Waals surface area contributed by atoms with E-state index in [0.29, 0.717) is 14.8 Å². The number of sulfonamides is 1. The van der Waals surface area contributed by atoms with Crippen molar-refractivity contribution in [1.82, 2.24) is 0 Å². The molecule has 3 N–H and O–H groups in total. The zero-order valence-corrected chi connectivity index (χ0v) is 14.1. The van der Waals surface area contributed by atoms with Crippen LogP contribution in [-0.2, 0) is 10.0 Å². The SMILES string of the molecule is NC(=O)c1oc2ccccc2c1NS(=O)(=O)c1ccc(Br)s1. The van der Waals surface area contributed by atoms with Crippen molar-refractivity contribution < 1.29 is 17.6 Å². The Morgan fingerprint density at radius 2 is 1.95 bits per heavy atom. The molecule has 0 bridgehead atoms. The quantitative estimate of drug-likeness (QED) is 0.701. The summed E-state index contributed by atoms with van der Waals surface area (Å²) in [5.74, 6) is -1.07. The molecule has 0 atom stereocenters. The van der Waals surface area contributed by atoms with Gasteiger partial charge in [-0.25, -0.2) is 8.42 Å². The Morgan fingerprint density at radius 3 is 2.59 bits per heavy atom. The maximum Gasteiger partial charge on any atom is 0.286 e. The van der Waals surface area contributed by atoms with Crippen LogP contribution in [0.5, 0.6) is 0 Å². The monoisotopic (exact) mass is 400 g/mol. The Bertz CT molecular complexity index is 975. The van der Waals surface area contributed by atoms with Gasteiger partial charge in [0.05, 0.1) is 3.79 Å². The number of thiophene rings is 1. The molecule has 0 radical (unpaired) electrons. The molecular formula is C13H9BrN2O4S2. The van der Waals surface area contributed by atoms with Crippen molar-refractivity contribution in [1.29, 1.82) is 0 Å².